The van der Waals surface area contributed by atoms with Crippen LogP contribution >= 0.6 is 11.6 Å². The number of carbonyl (C=O) groups is 1. The molecule has 3 aromatic carbocycles. The Balaban J connectivity index is 1.59. The van der Waals surface area contributed by atoms with E-state index in [9.17, 15) is 4.79 Å². The van der Waals surface area contributed by atoms with Crippen molar-refractivity contribution in [2.75, 3.05) is 28.4 Å². The first-order valence-corrected chi connectivity index (χ1v) is 12.2. The number of carbonyl (C=O) groups excluding carboxylic acids is 1. The number of aryl methyl sites for hydroxylation is 1. The average molecular weight is 533 g/mol. The Morgan fingerprint density at radius 1 is 0.895 bits per heavy atom. The number of ether oxygens (including phenoxy) is 4. The lowest BCUT2D eigenvalue weighted by atomic mass is 10.1. The summed E-state index contributed by atoms with van der Waals surface area (Å²) >= 11 is 6.50. The van der Waals surface area contributed by atoms with E-state index in [0.29, 0.717) is 39.3 Å². The van der Waals surface area contributed by atoms with Crippen LogP contribution in [0.15, 0.2) is 59.7 Å². The molecule has 38 heavy (non-hydrogen) atoms. The van der Waals surface area contributed by atoms with Crippen molar-refractivity contribution in [3.63, 3.8) is 0 Å². The van der Waals surface area contributed by atoms with Crippen LogP contribution in [-0.2, 0) is 7.05 Å². The minimum atomic E-state index is -0.0194. The van der Waals surface area contributed by atoms with E-state index in [1.807, 2.05) is 72.4 Å². The third kappa shape index (κ3) is 5.53. The zero-order valence-corrected chi connectivity index (χ0v) is 22.7. The molecule has 0 fully saturated rings. The SMILES string of the molecule is COc1cc(/C=C\c2cc(Cl)c(OC)c(N=CCC(=O)c3cn(C)c4ccccc34)c2)cc(OC)c1OC. The molecule has 0 radical (unpaired) electrons. The average Bonchev–Trinajstić information content (AvgIpc) is 3.27. The molecular formula is C30H29ClN2O5. The van der Waals surface area contributed by atoms with E-state index in [-0.39, 0.29) is 12.2 Å². The molecule has 1 aromatic heterocycles. The lowest BCUT2D eigenvalue weighted by molar-refractivity contribution is 0.100. The smallest absolute Gasteiger partial charge is 0.203 e. The first-order chi connectivity index (χ1) is 18.4. The van der Waals surface area contributed by atoms with Crippen molar-refractivity contribution in [1.29, 1.82) is 0 Å². The van der Waals surface area contributed by atoms with Crippen LogP contribution in [0, 0.1) is 0 Å². The number of hydrogen-bond acceptors (Lipinski definition) is 6. The highest BCUT2D eigenvalue weighted by atomic mass is 35.5. The van der Waals surface area contributed by atoms with Crippen molar-refractivity contribution in [1.82, 2.24) is 4.57 Å². The number of fused-ring (bicyclic) bond motifs is 1. The minimum Gasteiger partial charge on any atom is -0.493 e. The van der Waals surface area contributed by atoms with Crippen LogP contribution < -0.4 is 18.9 Å². The summed E-state index contributed by atoms with van der Waals surface area (Å²) in [5.74, 6) is 2.05. The second kappa shape index (κ2) is 11.9. The van der Waals surface area contributed by atoms with E-state index >= 15 is 0 Å². The van der Waals surface area contributed by atoms with Gasteiger partial charge in [-0.1, -0.05) is 42.0 Å². The van der Waals surface area contributed by atoms with E-state index in [4.69, 9.17) is 30.5 Å². The molecule has 0 unspecified atom stereocenters. The van der Waals surface area contributed by atoms with Crippen LogP contribution in [0.3, 0.4) is 0 Å². The Kier molecular flexibility index (Phi) is 8.38. The molecule has 4 rings (SSSR count). The van der Waals surface area contributed by atoms with Gasteiger partial charge < -0.3 is 23.5 Å². The highest BCUT2D eigenvalue weighted by molar-refractivity contribution is 6.32. The third-order valence-electron chi connectivity index (χ3n) is 6.11. The number of halogens is 1. The maximum atomic E-state index is 13.0. The van der Waals surface area contributed by atoms with Crippen molar-refractivity contribution in [3.8, 4) is 23.0 Å². The van der Waals surface area contributed by atoms with Crippen LogP contribution in [0.4, 0.5) is 5.69 Å². The number of para-hydroxylation sites is 1. The number of methoxy groups -OCH3 is 4. The first kappa shape index (κ1) is 26.8. The Hall–Kier alpha value is -4.23. The molecule has 0 bridgehead atoms. The number of hydrogen-bond donors (Lipinski definition) is 0. The van der Waals surface area contributed by atoms with Gasteiger partial charge in [-0.3, -0.25) is 9.79 Å². The van der Waals surface area contributed by atoms with Crippen LogP contribution in [-0.4, -0.2) is 45.0 Å². The monoisotopic (exact) mass is 532 g/mol. The van der Waals surface area contributed by atoms with Crippen molar-refractivity contribution in [2.24, 2.45) is 12.0 Å². The Morgan fingerprint density at radius 2 is 1.53 bits per heavy atom. The molecule has 7 nitrogen and oxygen atoms in total. The number of aromatic nitrogens is 1. The number of aliphatic imine (C=N–C) groups is 1. The van der Waals surface area contributed by atoms with E-state index < -0.39 is 0 Å². The third-order valence-corrected chi connectivity index (χ3v) is 6.39. The minimum absolute atomic E-state index is 0.0194. The van der Waals surface area contributed by atoms with Gasteiger partial charge in [-0.25, -0.2) is 0 Å². The summed E-state index contributed by atoms with van der Waals surface area (Å²) in [6, 6.07) is 15.2. The van der Waals surface area contributed by atoms with Crippen LogP contribution in [0.5, 0.6) is 23.0 Å². The number of nitrogens with zero attached hydrogens (tertiary/aromatic N) is 2. The number of Topliss-reactive ketones (excluding diaryl/α,β-unsaturated/α-hetero) is 1. The zero-order valence-electron chi connectivity index (χ0n) is 21.9. The van der Waals surface area contributed by atoms with Crippen molar-refractivity contribution in [3.05, 3.63) is 76.4 Å². The summed E-state index contributed by atoms with van der Waals surface area (Å²) in [5.41, 5.74) is 3.85. The summed E-state index contributed by atoms with van der Waals surface area (Å²) in [6.07, 6.45) is 7.38. The van der Waals surface area contributed by atoms with Gasteiger partial charge in [-0.05, 0) is 41.5 Å². The second-order valence-corrected chi connectivity index (χ2v) is 8.86. The van der Waals surface area contributed by atoms with Gasteiger partial charge in [-0.15, -0.1) is 0 Å². The maximum Gasteiger partial charge on any atom is 0.203 e. The number of benzene rings is 3. The lowest BCUT2D eigenvalue weighted by Crippen LogP contribution is -1.98. The van der Waals surface area contributed by atoms with Crippen LogP contribution in [0.2, 0.25) is 5.02 Å². The van der Waals surface area contributed by atoms with Crippen molar-refractivity contribution < 1.29 is 23.7 Å². The van der Waals surface area contributed by atoms with Gasteiger partial charge in [-0.2, -0.15) is 0 Å². The highest BCUT2D eigenvalue weighted by Gasteiger charge is 2.14. The molecule has 0 amide bonds. The van der Waals surface area contributed by atoms with Crippen molar-refractivity contribution in [2.45, 2.75) is 6.42 Å². The van der Waals surface area contributed by atoms with Gasteiger partial charge in [0.25, 0.3) is 0 Å². The van der Waals surface area contributed by atoms with Gasteiger partial charge in [0.2, 0.25) is 5.75 Å². The fourth-order valence-corrected chi connectivity index (χ4v) is 4.58. The molecule has 0 spiro atoms. The van der Waals surface area contributed by atoms with Gasteiger partial charge in [0, 0.05) is 42.3 Å². The summed E-state index contributed by atoms with van der Waals surface area (Å²) in [7, 11) is 8.17. The molecule has 0 atom stereocenters. The molecular weight excluding hydrogens is 504 g/mol. The fourth-order valence-electron chi connectivity index (χ4n) is 4.28. The summed E-state index contributed by atoms with van der Waals surface area (Å²) in [5, 5.41) is 1.33. The number of ketones is 1. The Labute approximate surface area is 226 Å². The van der Waals surface area contributed by atoms with E-state index in [2.05, 4.69) is 4.99 Å². The maximum absolute atomic E-state index is 13.0. The van der Waals surface area contributed by atoms with E-state index in [0.717, 1.165) is 22.0 Å². The quantitative estimate of drug-likeness (QED) is 0.125. The molecule has 0 N–H and O–H groups in total. The predicted molar refractivity (Wildman–Crippen MR) is 153 cm³/mol. The first-order valence-electron chi connectivity index (χ1n) is 11.9. The van der Waals surface area contributed by atoms with Gasteiger partial charge in [0.1, 0.15) is 5.69 Å². The Bertz CT molecular complexity index is 1510. The van der Waals surface area contributed by atoms with Gasteiger partial charge in [0.05, 0.1) is 33.5 Å². The summed E-state index contributed by atoms with van der Waals surface area (Å²) < 4.78 is 23.7. The fraction of sp³-hybridized carbons (Fsp3) is 0.200. The van der Waals surface area contributed by atoms with Crippen molar-refractivity contribution >= 4 is 52.3 Å². The molecule has 1 heterocycles. The standard InChI is InChI=1S/C30H29ClN2O5/c1-33-18-22(21-8-6-7-9-25(21)33)26(34)12-13-32-24-15-19(14-23(31)29(24)37-4)10-11-20-16-27(35-2)30(38-5)28(17-20)36-3/h6-11,13-18H,12H2,1-5H3/b11-10-,32-13?. The molecule has 4 aromatic rings. The van der Waals surface area contributed by atoms with Gasteiger partial charge >= 0.3 is 0 Å². The normalized spacial score (nSPS) is 11.4. The zero-order chi connectivity index (χ0) is 27.2. The number of rotatable bonds is 10. The van der Waals surface area contributed by atoms with E-state index in [1.165, 1.54) is 7.11 Å². The summed E-state index contributed by atoms with van der Waals surface area (Å²) in [6.45, 7) is 0. The largest absolute Gasteiger partial charge is 0.493 e. The van der Waals surface area contributed by atoms with Crippen LogP contribution in [0.1, 0.15) is 27.9 Å². The molecule has 8 heteroatoms. The molecule has 0 aliphatic carbocycles. The predicted octanol–water partition coefficient (Wildman–Crippen LogP) is 7.01. The van der Waals surface area contributed by atoms with Crippen LogP contribution in [0.25, 0.3) is 23.1 Å². The Morgan fingerprint density at radius 3 is 2.16 bits per heavy atom. The molecule has 0 saturated carbocycles. The molecule has 196 valence electrons. The van der Waals surface area contributed by atoms with Gasteiger partial charge in [0.15, 0.2) is 23.0 Å². The molecule has 0 aliphatic rings. The molecule has 0 saturated heterocycles. The molecule has 0 aliphatic heterocycles. The van der Waals surface area contributed by atoms with E-state index in [1.54, 1.807) is 33.6 Å². The second-order valence-electron chi connectivity index (χ2n) is 8.46. The summed E-state index contributed by atoms with van der Waals surface area (Å²) in [4.78, 5) is 17.5. The lowest BCUT2D eigenvalue weighted by Gasteiger charge is -2.13. The topological polar surface area (TPSA) is 71.3 Å². The highest BCUT2D eigenvalue weighted by Crippen LogP contribution is 2.39.